The van der Waals surface area contributed by atoms with Crippen molar-refractivity contribution in [1.29, 1.82) is 0 Å². The number of non-ortho nitro benzene ring substituents is 1. The summed E-state index contributed by atoms with van der Waals surface area (Å²) in [6.07, 6.45) is 2.83. The molecule has 0 unspecified atom stereocenters. The van der Waals surface area contributed by atoms with Crippen LogP contribution in [0.5, 0.6) is 0 Å². The zero-order chi connectivity index (χ0) is 14.8. The molecule has 1 aromatic carbocycles. The third-order valence-corrected chi connectivity index (χ3v) is 4.38. The SMILES string of the molecule is CCOP1(=O)C=CN(c2ccc([N+](=O)[O-])cc2F)C=C1. The largest absolute Gasteiger partial charge is 0.323 e. The third kappa shape index (κ3) is 2.95. The number of nitrogens with zero attached hydrogens (tertiary/aromatic N) is 2. The summed E-state index contributed by atoms with van der Waals surface area (Å²) >= 11 is 0. The smallest absolute Gasteiger partial charge is 0.272 e. The molecule has 0 aliphatic carbocycles. The number of hydrogen-bond acceptors (Lipinski definition) is 5. The standard InChI is InChI=1S/C12H12FN2O4P/c1-2-19-20(18)7-5-14(6-8-20)12-4-3-10(15(16)17)9-11(12)13/h3-9H,2H2,1H3. The molecule has 1 aliphatic heterocycles. The van der Waals surface area contributed by atoms with E-state index >= 15 is 0 Å². The van der Waals surface area contributed by atoms with Gasteiger partial charge < -0.3 is 9.42 Å². The average molecular weight is 298 g/mol. The van der Waals surface area contributed by atoms with E-state index in [9.17, 15) is 19.1 Å². The van der Waals surface area contributed by atoms with Crippen molar-refractivity contribution in [3.63, 3.8) is 0 Å². The van der Waals surface area contributed by atoms with E-state index in [0.29, 0.717) is 6.61 Å². The molecule has 0 spiro atoms. The van der Waals surface area contributed by atoms with Crippen LogP contribution >= 0.6 is 7.37 Å². The minimum absolute atomic E-state index is 0.130. The predicted molar refractivity (Wildman–Crippen MR) is 73.0 cm³/mol. The highest BCUT2D eigenvalue weighted by molar-refractivity contribution is 7.65. The second-order valence-electron chi connectivity index (χ2n) is 3.96. The van der Waals surface area contributed by atoms with Gasteiger partial charge in [-0.1, -0.05) is 0 Å². The molecule has 1 aromatic rings. The van der Waals surface area contributed by atoms with Crippen molar-refractivity contribution >= 4 is 18.7 Å². The molecule has 0 saturated carbocycles. The van der Waals surface area contributed by atoms with Crippen LogP contribution in [0, 0.1) is 15.9 Å². The third-order valence-electron chi connectivity index (χ3n) is 2.62. The minimum atomic E-state index is -2.94. The van der Waals surface area contributed by atoms with Gasteiger partial charge in [-0.3, -0.25) is 14.7 Å². The quantitative estimate of drug-likeness (QED) is 0.480. The van der Waals surface area contributed by atoms with Crippen LogP contribution in [0.2, 0.25) is 0 Å². The van der Waals surface area contributed by atoms with Crippen LogP contribution in [0.15, 0.2) is 42.2 Å². The number of benzene rings is 1. The Morgan fingerprint density at radius 2 is 2.05 bits per heavy atom. The van der Waals surface area contributed by atoms with Crippen molar-refractivity contribution in [3.05, 3.63) is 58.2 Å². The zero-order valence-electron chi connectivity index (χ0n) is 10.6. The number of nitro benzene ring substituents is 1. The van der Waals surface area contributed by atoms with E-state index in [1.54, 1.807) is 6.92 Å². The minimum Gasteiger partial charge on any atom is -0.323 e. The fourth-order valence-electron chi connectivity index (χ4n) is 1.70. The Morgan fingerprint density at radius 3 is 2.55 bits per heavy atom. The second kappa shape index (κ2) is 5.56. The molecule has 0 N–H and O–H groups in total. The molecular formula is C12H12FN2O4P. The highest BCUT2D eigenvalue weighted by atomic mass is 31.2. The molecule has 8 heteroatoms. The van der Waals surface area contributed by atoms with Gasteiger partial charge >= 0.3 is 0 Å². The van der Waals surface area contributed by atoms with E-state index < -0.39 is 18.1 Å². The van der Waals surface area contributed by atoms with Gasteiger partial charge in [0.2, 0.25) is 7.37 Å². The molecule has 0 radical (unpaired) electrons. The monoisotopic (exact) mass is 298 g/mol. The maximum absolute atomic E-state index is 13.8. The second-order valence-corrected chi connectivity index (χ2v) is 6.10. The lowest BCUT2D eigenvalue weighted by atomic mass is 10.2. The maximum Gasteiger partial charge on any atom is 0.272 e. The van der Waals surface area contributed by atoms with Gasteiger partial charge in [0.1, 0.15) is 0 Å². The van der Waals surface area contributed by atoms with Gasteiger partial charge in [-0.05, 0) is 13.0 Å². The number of rotatable bonds is 4. The Hall–Kier alpha value is -1.98. The molecule has 106 valence electrons. The van der Waals surface area contributed by atoms with Crippen molar-refractivity contribution in [2.24, 2.45) is 0 Å². The van der Waals surface area contributed by atoms with Gasteiger partial charge in [0.15, 0.2) is 5.82 Å². The lowest BCUT2D eigenvalue weighted by Gasteiger charge is -2.22. The zero-order valence-corrected chi connectivity index (χ0v) is 11.5. The topological polar surface area (TPSA) is 72.7 Å². The number of halogens is 1. The average Bonchev–Trinajstić information content (AvgIpc) is 2.40. The fraction of sp³-hybridized carbons (Fsp3) is 0.167. The lowest BCUT2D eigenvalue weighted by molar-refractivity contribution is -0.385. The van der Waals surface area contributed by atoms with Gasteiger partial charge in [-0.2, -0.15) is 0 Å². The first-order valence-electron chi connectivity index (χ1n) is 5.80. The van der Waals surface area contributed by atoms with Crippen LogP contribution in [-0.4, -0.2) is 11.5 Å². The van der Waals surface area contributed by atoms with Crippen LogP contribution in [-0.2, 0) is 9.09 Å². The van der Waals surface area contributed by atoms with Crippen molar-refractivity contribution in [1.82, 2.24) is 0 Å². The first kappa shape index (κ1) is 14.4. The van der Waals surface area contributed by atoms with Gasteiger partial charge in [0.25, 0.3) is 5.69 Å². The lowest BCUT2D eigenvalue weighted by Crippen LogP contribution is -2.11. The summed E-state index contributed by atoms with van der Waals surface area (Å²) in [5, 5.41) is 10.5. The van der Waals surface area contributed by atoms with E-state index in [-0.39, 0.29) is 11.4 Å². The van der Waals surface area contributed by atoms with E-state index in [4.69, 9.17) is 4.52 Å². The highest BCUT2D eigenvalue weighted by Crippen LogP contribution is 2.52. The first-order valence-corrected chi connectivity index (χ1v) is 7.56. The normalized spacial score (nSPS) is 16.4. The van der Waals surface area contributed by atoms with Crippen LogP contribution in [0.1, 0.15) is 6.92 Å². The Labute approximate surface area is 114 Å². The molecule has 6 nitrogen and oxygen atoms in total. The fourth-order valence-corrected chi connectivity index (χ4v) is 3.03. The molecule has 0 aromatic heterocycles. The molecule has 2 rings (SSSR count). The molecule has 20 heavy (non-hydrogen) atoms. The predicted octanol–water partition coefficient (Wildman–Crippen LogP) is 3.81. The summed E-state index contributed by atoms with van der Waals surface area (Å²) in [6, 6.07) is 3.34. The summed E-state index contributed by atoms with van der Waals surface area (Å²) in [6.45, 7) is 2.03. The number of hydrogen-bond donors (Lipinski definition) is 0. The molecule has 1 aliphatic rings. The molecule has 1 heterocycles. The summed E-state index contributed by atoms with van der Waals surface area (Å²) in [5.74, 6) is 1.98. The molecule has 0 bridgehead atoms. The Balaban J connectivity index is 2.25. The van der Waals surface area contributed by atoms with Crippen molar-refractivity contribution in [2.45, 2.75) is 6.92 Å². The van der Waals surface area contributed by atoms with Gasteiger partial charge in [-0.15, -0.1) is 0 Å². The Bertz CT molecular complexity index is 626. The Kier molecular flexibility index (Phi) is 4.01. The molecule has 0 atom stereocenters. The summed E-state index contributed by atoms with van der Waals surface area (Å²) < 4.78 is 31.0. The van der Waals surface area contributed by atoms with Crippen molar-refractivity contribution in [3.8, 4) is 0 Å². The maximum atomic E-state index is 13.8. The summed E-state index contributed by atoms with van der Waals surface area (Å²) in [4.78, 5) is 11.3. The summed E-state index contributed by atoms with van der Waals surface area (Å²) in [5.41, 5.74) is -0.193. The number of anilines is 1. The van der Waals surface area contributed by atoms with Crippen molar-refractivity contribution < 1.29 is 18.4 Å². The van der Waals surface area contributed by atoms with Gasteiger partial charge in [0, 0.05) is 30.1 Å². The molecule has 0 fully saturated rings. The number of nitro groups is 1. The van der Waals surface area contributed by atoms with Gasteiger partial charge in [0.05, 0.1) is 23.3 Å². The van der Waals surface area contributed by atoms with E-state index in [1.165, 1.54) is 41.1 Å². The highest BCUT2D eigenvalue weighted by Gasteiger charge is 2.21. The van der Waals surface area contributed by atoms with Crippen LogP contribution < -0.4 is 4.90 Å². The molecule has 0 amide bonds. The first-order chi connectivity index (χ1) is 9.45. The molecule has 0 saturated heterocycles. The molecular weight excluding hydrogens is 286 g/mol. The van der Waals surface area contributed by atoms with E-state index in [2.05, 4.69) is 0 Å². The van der Waals surface area contributed by atoms with E-state index in [0.717, 1.165) is 6.07 Å². The Morgan fingerprint density at radius 1 is 1.40 bits per heavy atom. The van der Waals surface area contributed by atoms with Crippen LogP contribution in [0.25, 0.3) is 0 Å². The summed E-state index contributed by atoms with van der Waals surface area (Å²) in [7, 11) is -2.94. The van der Waals surface area contributed by atoms with Crippen LogP contribution in [0.4, 0.5) is 15.8 Å². The van der Waals surface area contributed by atoms with Gasteiger partial charge in [-0.25, -0.2) is 4.39 Å². The van der Waals surface area contributed by atoms with Crippen molar-refractivity contribution in [2.75, 3.05) is 11.5 Å². The van der Waals surface area contributed by atoms with Crippen LogP contribution in [0.3, 0.4) is 0 Å². The van der Waals surface area contributed by atoms with E-state index in [1.807, 2.05) is 0 Å².